The van der Waals surface area contributed by atoms with Crippen LogP contribution < -0.4 is 5.73 Å². The molecule has 0 spiro atoms. The van der Waals surface area contributed by atoms with Crippen LogP contribution in [0.25, 0.3) is 0 Å². The Kier molecular flexibility index (Phi) is 4.52. The first-order valence-corrected chi connectivity index (χ1v) is 7.22. The number of nitrogens with zero attached hydrogens (tertiary/aromatic N) is 2. The second-order valence-electron chi connectivity index (χ2n) is 4.79. The van der Waals surface area contributed by atoms with E-state index in [2.05, 4.69) is 32.6 Å². The molecule has 1 aromatic carbocycles. The highest BCUT2D eigenvalue weighted by Crippen LogP contribution is 2.24. The highest BCUT2D eigenvalue weighted by atomic mass is 127. The first kappa shape index (κ1) is 15.1. The number of aromatic nitrogens is 2. The van der Waals surface area contributed by atoms with E-state index in [0.29, 0.717) is 17.2 Å². The van der Waals surface area contributed by atoms with Gasteiger partial charge in [-0.05, 0) is 40.1 Å². The molecule has 0 radical (unpaired) electrons. The zero-order valence-corrected chi connectivity index (χ0v) is 13.3. The number of rotatable bonds is 3. The van der Waals surface area contributed by atoms with E-state index >= 15 is 0 Å². The summed E-state index contributed by atoms with van der Waals surface area (Å²) in [5.41, 5.74) is 7.05. The third kappa shape index (κ3) is 3.23. The minimum atomic E-state index is -0.600. The van der Waals surface area contributed by atoms with Crippen LogP contribution in [0.3, 0.4) is 0 Å². The predicted octanol–water partition coefficient (Wildman–Crippen LogP) is 3.66. The summed E-state index contributed by atoms with van der Waals surface area (Å²) in [6, 6.07) is 3.48. The van der Waals surface area contributed by atoms with Crippen LogP contribution in [0.5, 0.6) is 0 Å². The van der Waals surface area contributed by atoms with Crippen LogP contribution in [0.4, 0.5) is 14.6 Å². The Morgan fingerprint density at radius 1 is 1.25 bits per heavy atom. The van der Waals surface area contributed by atoms with E-state index in [4.69, 9.17) is 5.73 Å². The topological polar surface area (TPSA) is 51.8 Å². The molecule has 0 fully saturated rings. The third-order valence-corrected chi connectivity index (χ3v) is 3.96. The molecule has 1 heterocycles. The zero-order chi connectivity index (χ0) is 14.9. The highest BCUT2D eigenvalue weighted by Gasteiger charge is 2.14. The van der Waals surface area contributed by atoms with Crippen LogP contribution >= 0.6 is 22.6 Å². The minimum absolute atomic E-state index is 0.187. The van der Waals surface area contributed by atoms with Gasteiger partial charge in [-0.2, -0.15) is 0 Å². The zero-order valence-electron chi connectivity index (χ0n) is 11.1. The molecule has 0 aliphatic heterocycles. The van der Waals surface area contributed by atoms with E-state index in [1.807, 2.05) is 13.8 Å². The normalized spacial score (nSPS) is 11.1. The number of nitrogen functional groups attached to an aromatic ring is 1. The van der Waals surface area contributed by atoms with Gasteiger partial charge in [-0.15, -0.1) is 0 Å². The molecule has 0 saturated heterocycles. The summed E-state index contributed by atoms with van der Waals surface area (Å²) in [5, 5.41) is 0. The fourth-order valence-electron chi connectivity index (χ4n) is 1.83. The summed E-state index contributed by atoms with van der Waals surface area (Å²) in [7, 11) is 0. The number of benzene rings is 1. The first-order valence-electron chi connectivity index (χ1n) is 6.14. The van der Waals surface area contributed by atoms with Crippen LogP contribution in [-0.4, -0.2) is 9.97 Å². The lowest BCUT2D eigenvalue weighted by molar-refractivity contribution is 0.573. The maximum absolute atomic E-state index is 13.6. The second kappa shape index (κ2) is 5.99. The Morgan fingerprint density at radius 2 is 1.95 bits per heavy atom. The molecule has 6 heteroatoms. The molecule has 0 saturated carbocycles. The number of halogens is 3. The molecule has 0 amide bonds. The van der Waals surface area contributed by atoms with E-state index in [0.717, 1.165) is 15.3 Å². The first-order chi connectivity index (χ1) is 9.38. The SMILES string of the molecule is CC(C)c1nc(Cc2ccc(F)cc2F)nc(N)c1I. The molecule has 2 aromatic rings. The van der Waals surface area contributed by atoms with Crippen molar-refractivity contribution in [2.24, 2.45) is 0 Å². The lowest BCUT2D eigenvalue weighted by Gasteiger charge is -2.11. The van der Waals surface area contributed by atoms with Crippen molar-refractivity contribution in [1.29, 1.82) is 0 Å². The Hall–Kier alpha value is -1.31. The molecule has 2 rings (SSSR count). The van der Waals surface area contributed by atoms with Gasteiger partial charge in [0, 0.05) is 12.5 Å². The molecule has 2 N–H and O–H groups in total. The summed E-state index contributed by atoms with van der Waals surface area (Å²) in [4.78, 5) is 8.61. The molecule has 106 valence electrons. The lowest BCUT2D eigenvalue weighted by atomic mass is 10.1. The van der Waals surface area contributed by atoms with Crippen LogP contribution in [0.2, 0.25) is 0 Å². The maximum atomic E-state index is 13.6. The molecule has 0 unspecified atom stereocenters. The van der Waals surface area contributed by atoms with Crippen molar-refractivity contribution in [3.8, 4) is 0 Å². The van der Waals surface area contributed by atoms with Crippen molar-refractivity contribution in [3.05, 3.63) is 50.5 Å². The van der Waals surface area contributed by atoms with Gasteiger partial charge in [-0.25, -0.2) is 18.7 Å². The average molecular weight is 389 g/mol. The van der Waals surface area contributed by atoms with Gasteiger partial charge in [0.25, 0.3) is 0 Å². The minimum Gasteiger partial charge on any atom is -0.383 e. The van der Waals surface area contributed by atoms with Crippen LogP contribution in [0.15, 0.2) is 18.2 Å². The molecule has 0 aliphatic carbocycles. The Labute approximate surface area is 129 Å². The van der Waals surface area contributed by atoms with Crippen molar-refractivity contribution in [2.75, 3.05) is 5.73 Å². The number of nitrogens with two attached hydrogens (primary N) is 1. The van der Waals surface area contributed by atoms with E-state index in [1.165, 1.54) is 12.1 Å². The quantitative estimate of drug-likeness (QED) is 0.816. The van der Waals surface area contributed by atoms with Gasteiger partial charge in [-0.1, -0.05) is 19.9 Å². The molecular formula is C14H14F2IN3. The standard InChI is InChI=1S/C14H14F2IN3/c1-7(2)13-12(17)14(18)20-11(19-13)5-8-3-4-9(15)6-10(8)16/h3-4,6-7H,5H2,1-2H3,(H2,18,19,20). The van der Waals surface area contributed by atoms with E-state index in [1.54, 1.807) is 0 Å². The van der Waals surface area contributed by atoms with Crippen LogP contribution in [-0.2, 0) is 6.42 Å². The van der Waals surface area contributed by atoms with Crippen molar-refractivity contribution in [3.63, 3.8) is 0 Å². The molecule has 3 nitrogen and oxygen atoms in total. The van der Waals surface area contributed by atoms with E-state index in [9.17, 15) is 8.78 Å². The van der Waals surface area contributed by atoms with Gasteiger partial charge in [0.05, 0.1) is 9.26 Å². The largest absolute Gasteiger partial charge is 0.383 e. The number of anilines is 1. The molecule has 1 aromatic heterocycles. The summed E-state index contributed by atoms with van der Waals surface area (Å²) in [5.74, 6) is -0.170. The van der Waals surface area contributed by atoms with Gasteiger partial charge in [0.2, 0.25) is 0 Å². The molecular weight excluding hydrogens is 375 g/mol. The Balaban J connectivity index is 2.39. The molecule has 20 heavy (non-hydrogen) atoms. The van der Waals surface area contributed by atoms with Crippen molar-refractivity contribution < 1.29 is 8.78 Å². The number of hydrogen-bond donors (Lipinski definition) is 1. The van der Waals surface area contributed by atoms with Crippen molar-refractivity contribution >= 4 is 28.4 Å². The van der Waals surface area contributed by atoms with E-state index < -0.39 is 11.6 Å². The summed E-state index contributed by atoms with van der Waals surface area (Å²) < 4.78 is 27.3. The monoisotopic (exact) mass is 389 g/mol. The van der Waals surface area contributed by atoms with Gasteiger partial charge in [0.15, 0.2) is 0 Å². The summed E-state index contributed by atoms with van der Waals surface area (Å²) >= 11 is 2.11. The second-order valence-corrected chi connectivity index (χ2v) is 5.87. The molecule has 0 bridgehead atoms. The van der Waals surface area contributed by atoms with Crippen molar-refractivity contribution in [1.82, 2.24) is 9.97 Å². The maximum Gasteiger partial charge on any atom is 0.140 e. The van der Waals surface area contributed by atoms with Gasteiger partial charge in [0.1, 0.15) is 23.3 Å². The third-order valence-electron chi connectivity index (χ3n) is 2.86. The Bertz CT molecular complexity index is 645. The Morgan fingerprint density at radius 3 is 2.55 bits per heavy atom. The molecule has 0 aliphatic rings. The number of hydrogen-bond acceptors (Lipinski definition) is 3. The summed E-state index contributed by atoms with van der Waals surface area (Å²) in [6.45, 7) is 4.01. The fourth-order valence-corrected chi connectivity index (χ4v) is 2.69. The van der Waals surface area contributed by atoms with E-state index in [-0.39, 0.29) is 12.3 Å². The van der Waals surface area contributed by atoms with Crippen molar-refractivity contribution in [2.45, 2.75) is 26.2 Å². The van der Waals surface area contributed by atoms with Crippen LogP contribution in [0, 0.1) is 15.2 Å². The van der Waals surface area contributed by atoms with Crippen LogP contribution in [0.1, 0.15) is 36.8 Å². The van der Waals surface area contributed by atoms with Gasteiger partial charge < -0.3 is 5.73 Å². The van der Waals surface area contributed by atoms with Gasteiger partial charge >= 0.3 is 0 Å². The molecule has 0 atom stereocenters. The van der Waals surface area contributed by atoms with Gasteiger partial charge in [-0.3, -0.25) is 0 Å². The smallest absolute Gasteiger partial charge is 0.140 e. The predicted molar refractivity (Wildman–Crippen MR) is 82.4 cm³/mol. The fraction of sp³-hybridized carbons (Fsp3) is 0.286. The average Bonchev–Trinajstić information content (AvgIpc) is 2.36. The lowest BCUT2D eigenvalue weighted by Crippen LogP contribution is -2.09. The highest BCUT2D eigenvalue weighted by molar-refractivity contribution is 14.1. The summed E-state index contributed by atoms with van der Waals surface area (Å²) in [6.07, 6.45) is 0.187.